The zero-order chi connectivity index (χ0) is 23.7. The van der Waals surface area contributed by atoms with Crippen LogP contribution >= 0.6 is 0 Å². The number of benzene rings is 1. The lowest BCUT2D eigenvalue weighted by Gasteiger charge is -2.45. The van der Waals surface area contributed by atoms with E-state index in [4.69, 9.17) is 5.73 Å². The number of primary amides is 1. The molecule has 0 saturated heterocycles. The molecular formula is C24H20N2O7. The number of rotatable bonds is 2. The van der Waals surface area contributed by atoms with Gasteiger partial charge in [-0.15, -0.1) is 0 Å². The summed E-state index contributed by atoms with van der Waals surface area (Å²) in [6, 6.07) is 8.34. The number of allylic oxidation sites excluding steroid dienone is 2. The third-order valence-corrected chi connectivity index (χ3v) is 6.89. The highest BCUT2D eigenvalue weighted by molar-refractivity contribution is 6.24. The van der Waals surface area contributed by atoms with Crippen molar-refractivity contribution in [2.24, 2.45) is 17.6 Å². The van der Waals surface area contributed by atoms with E-state index in [1.165, 1.54) is 6.07 Å². The molecule has 9 heteroatoms. The molecule has 3 aliphatic carbocycles. The lowest BCUT2D eigenvalue weighted by molar-refractivity contribution is -0.144. The summed E-state index contributed by atoms with van der Waals surface area (Å²) in [5, 5.41) is 43.0. The van der Waals surface area contributed by atoms with Crippen LogP contribution in [0.5, 0.6) is 5.75 Å². The average Bonchev–Trinajstić information content (AvgIpc) is 2.76. The minimum Gasteiger partial charge on any atom is -0.511 e. The van der Waals surface area contributed by atoms with Crippen LogP contribution in [0.4, 0.5) is 0 Å². The van der Waals surface area contributed by atoms with Gasteiger partial charge in [0.15, 0.2) is 11.4 Å². The van der Waals surface area contributed by atoms with Crippen molar-refractivity contribution in [2.75, 3.05) is 0 Å². The highest BCUT2D eigenvalue weighted by Gasteiger charge is 2.59. The number of phenolic OH excluding ortho intramolecular Hbond substituents is 1. The number of hydrogen-bond acceptors (Lipinski definition) is 8. The Morgan fingerprint density at radius 3 is 2.52 bits per heavy atom. The molecule has 33 heavy (non-hydrogen) atoms. The molecule has 0 bridgehead atoms. The van der Waals surface area contributed by atoms with Gasteiger partial charge in [0.1, 0.15) is 22.8 Å². The molecule has 1 amide bonds. The molecule has 9 nitrogen and oxygen atoms in total. The van der Waals surface area contributed by atoms with Gasteiger partial charge in [-0.2, -0.15) is 0 Å². The van der Waals surface area contributed by atoms with Gasteiger partial charge in [0.2, 0.25) is 5.78 Å². The van der Waals surface area contributed by atoms with E-state index in [2.05, 4.69) is 4.98 Å². The van der Waals surface area contributed by atoms with E-state index in [1.807, 2.05) is 0 Å². The number of hydrogen-bond donors (Lipinski definition) is 5. The number of fused-ring (bicyclic) bond motifs is 3. The Hall–Kier alpha value is -3.98. The molecule has 3 atom stereocenters. The molecule has 2 aromatic rings. The third-order valence-electron chi connectivity index (χ3n) is 6.89. The van der Waals surface area contributed by atoms with Crippen LogP contribution in [0.25, 0.3) is 11.3 Å². The Kier molecular flexibility index (Phi) is 4.44. The van der Waals surface area contributed by atoms with Crippen LogP contribution in [0, 0.1) is 11.8 Å². The first kappa shape index (κ1) is 20.9. The Morgan fingerprint density at radius 1 is 1.09 bits per heavy atom. The summed E-state index contributed by atoms with van der Waals surface area (Å²) in [5.41, 5.74) is 3.42. The van der Waals surface area contributed by atoms with Crippen LogP contribution in [-0.2, 0) is 16.0 Å². The molecule has 6 N–H and O–H groups in total. The lowest BCUT2D eigenvalue weighted by Crippen LogP contribution is -2.57. The summed E-state index contributed by atoms with van der Waals surface area (Å²) in [5.74, 6) is -6.45. The fourth-order valence-corrected chi connectivity index (χ4v) is 5.38. The van der Waals surface area contributed by atoms with Gasteiger partial charge >= 0.3 is 0 Å². The fraction of sp³-hybridized carbons (Fsp3) is 0.250. The van der Waals surface area contributed by atoms with E-state index in [0.29, 0.717) is 16.8 Å². The van der Waals surface area contributed by atoms with Crippen molar-refractivity contribution in [3.63, 3.8) is 0 Å². The molecule has 0 unspecified atom stereocenters. The van der Waals surface area contributed by atoms with Gasteiger partial charge in [-0.25, -0.2) is 0 Å². The molecule has 0 aliphatic heterocycles. The quantitative estimate of drug-likeness (QED) is 0.432. The van der Waals surface area contributed by atoms with E-state index in [9.17, 15) is 34.8 Å². The smallest absolute Gasteiger partial charge is 0.255 e. The molecule has 1 aromatic heterocycles. The molecule has 0 saturated carbocycles. The standard InChI is InChI=1S/C24H20N2O7/c25-23(32)19-16(28)9-11-7-10-8-13-12(14-3-1-2-6-26-14)4-5-15(27)18(13)20(29)17(10)21(30)24(11,33)22(19)31/h1-6,10-11,27-28,30,33H,7-9H2,(H2,25,32)/t10-,11+,24+/m1/s1. The summed E-state index contributed by atoms with van der Waals surface area (Å²) < 4.78 is 0. The van der Waals surface area contributed by atoms with Crippen LogP contribution in [-0.4, -0.2) is 48.5 Å². The maximum absolute atomic E-state index is 13.5. The molecule has 0 fully saturated rings. The molecule has 0 radical (unpaired) electrons. The summed E-state index contributed by atoms with van der Waals surface area (Å²) in [6.07, 6.45) is 1.66. The Balaban J connectivity index is 1.69. The molecule has 168 valence electrons. The van der Waals surface area contributed by atoms with Crippen LogP contribution in [0.15, 0.2) is 59.2 Å². The average molecular weight is 448 g/mol. The minimum absolute atomic E-state index is 0.0326. The van der Waals surface area contributed by atoms with Gasteiger partial charge < -0.3 is 26.2 Å². The Labute approximate surface area is 187 Å². The van der Waals surface area contributed by atoms with Crippen LogP contribution in [0.2, 0.25) is 0 Å². The first-order valence-electron chi connectivity index (χ1n) is 10.4. The third kappa shape index (κ3) is 2.75. The highest BCUT2D eigenvalue weighted by Crippen LogP contribution is 2.52. The number of Topliss-reactive ketones (excluding diaryl/α,β-unsaturated/α-hetero) is 2. The number of ketones is 2. The van der Waals surface area contributed by atoms with Crippen molar-refractivity contribution in [1.82, 2.24) is 4.98 Å². The van der Waals surface area contributed by atoms with Gasteiger partial charge in [-0.3, -0.25) is 19.4 Å². The maximum Gasteiger partial charge on any atom is 0.255 e. The summed E-state index contributed by atoms with van der Waals surface area (Å²) in [7, 11) is 0. The number of pyridine rings is 1. The zero-order valence-corrected chi connectivity index (χ0v) is 17.3. The maximum atomic E-state index is 13.5. The van der Waals surface area contributed by atoms with E-state index in [1.54, 1.807) is 30.5 Å². The number of amides is 1. The van der Waals surface area contributed by atoms with Gasteiger partial charge in [0, 0.05) is 29.7 Å². The molecule has 1 heterocycles. The molecule has 5 rings (SSSR count). The second-order valence-corrected chi connectivity index (χ2v) is 8.61. The number of carbonyl (C=O) groups is 3. The molecule has 0 spiro atoms. The Morgan fingerprint density at radius 2 is 1.85 bits per heavy atom. The number of aromatic nitrogens is 1. The van der Waals surface area contributed by atoms with Crippen molar-refractivity contribution < 1.29 is 34.8 Å². The van der Waals surface area contributed by atoms with E-state index < -0.39 is 52.0 Å². The first-order valence-corrected chi connectivity index (χ1v) is 10.4. The van der Waals surface area contributed by atoms with Crippen molar-refractivity contribution >= 4 is 17.5 Å². The van der Waals surface area contributed by atoms with Crippen LogP contribution in [0.1, 0.15) is 28.8 Å². The summed E-state index contributed by atoms with van der Waals surface area (Å²) in [4.78, 5) is 42.5. The number of phenols is 1. The lowest BCUT2D eigenvalue weighted by atomic mass is 9.60. The van der Waals surface area contributed by atoms with E-state index in [-0.39, 0.29) is 36.1 Å². The fourth-order valence-electron chi connectivity index (χ4n) is 5.38. The normalized spacial score (nSPS) is 26.6. The van der Waals surface area contributed by atoms with Crippen molar-refractivity contribution in [2.45, 2.75) is 24.9 Å². The predicted molar refractivity (Wildman–Crippen MR) is 114 cm³/mol. The molecule has 1 aromatic carbocycles. The molecular weight excluding hydrogens is 428 g/mol. The van der Waals surface area contributed by atoms with Crippen molar-refractivity contribution in [1.29, 1.82) is 0 Å². The number of carbonyl (C=O) groups excluding carboxylic acids is 3. The largest absolute Gasteiger partial charge is 0.511 e. The number of aromatic hydroxyl groups is 1. The second-order valence-electron chi connectivity index (χ2n) is 8.61. The number of aliphatic hydroxyl groups excluding tert-OH is 2. The highest BCUT2D eigenvalue weighted by atomic mass is 16.3. The zero-order valence-electron chi connectivity index (χ0n) is 17.3. The Bertz CT molecular complexity index is 1310. The number of aliphatic hydroxyl groups is 3. The second kappa shape index (κ2) is 7.01. The van der Waals surface area contributed by atoms with Gasteiger partial charge in [0.05, 0.1) is 11.3 Å². The molecule has 3 aliphatic rings. The van der Waals surface area contributed by atoms with E-state index in [0.717, 1.165) is 0 Å². The van der Waals surface area contributed by atoms with Gasteiger partial charge in [-0.1, -0.05) is 6.07 Å². The van der Waals surface area contributed by atoms with Crippen molar-refractivity contribution in [3.8, 4) is 17.0 Å². The summed E-state index contributed by atoms with van der Waals surface area (Å²) in [6.45, 7) is 0. The van der Waals surface area contributed by atoms with Crippen molar-refractivity contribution in [3.05, 3.63) is 70.3 Å². The first-order chi connectivity index (χ1) is 15.7. The topological polar surface area (TPSA) is 171 Å². The number of nitrogens with zero attached hydrogens (tertiary/aromatic N) is 1. The van der Waals surface area contributed by atoms with Gasteiger partial charge in [0.25, 0.3) is 5.91 Å². The van der Waals surface area contributed by atoms with Crippen LogP contribution in [0.3, 0.4) is 0 Å². The number of nitrogens with two attached hydrogens (primary N) is 1. The van der Waals surface area contributed by atoms with Gasteiger partial charge in [-0.05, 0) is 48.6 Å². The van der Waals surface area contributed by atoms with E-state index >= 15 is 0 Å². The summed E-state index contributed by atoms with van der Waals surface area (Å²) >= 11 is 0. The van der Waals surface area contributed by atoms with Crippen LogP contribution < -0.4 is 5.73 Å². The monoisotopic (exact) mass is 448 g/mol. The predicted octanol–water partition coefficient (Wildman–Crippen LogP) is 1.64. The minimum atomic E-state index is -2.57. The SMILES string of the molecule is NC(=O)C1=C(O)C[C@@H]2C[C@@H]3Cc4c(-c5ccccn5)ccc(O)c4C(=O)C3=C(O)[C@]2(O)C1=O.